The maximum atomic E-state index is 5.66. The predicted octanol–water partition coefficient (Wildman–Crippen LogP) is 2.27. The second kappa shape index (κ2) is 3.28. The van der Waals surface area contributed by atoms with Crippen LogP contribution in [-0.4, -0.2) is 0 Å². The lowest BCUT2D eigenvalue weighted by molar-refractivity contribution is 1.60. The summed E-state index contributed by atoms with van der Waals surface area (Å²) in [6, 6.07) is 7.48. The summed E-state index contributed by atoms with van der Waals surface area (Å²) in [5.74, 6) is 0. The molecule has 1 aromatic rings. The normalized spacial score (nSPS) is 10.5. The first-order valence-electron chi connectivity index (χ1n) is 2.97. The van der Waals surface area contributed by atoms with E-state index in [1.54, 1.807) is 0 Å². The maximum absolute atomic E-state index is 5.66. The van der Waals surface area contributed by atoms with E-state index in [4.69, 9.17) is 17.3 Å². The van der Waals surface area contributed by atoms with Crippen LogP contribution in [0.1, 0.15) is 5.56 Å². The Morgan fingerprint density at radius 3 is 2.30 bits per heavy atom. The Balaban J connectivity index is 2.89. The molecule has 0 amide bonds. The van der Waals surface area contributed by atoms with E-state index < -0.39 is 0 Å². The van der Waals surface area contributed by atoms with Crippen LogP contribution >= 0.6 is 11.6 Å². The third-order valence-electron chi connectivity index (χ3n) is 1.16. The Kier molecular flexibility index (Phi) is 2.35. The summed E-state index contributed by atoms with van der Waals surface area (Å²) in [7, 11) is 0. The highest BCUT2D eigenvalue weighted by molar-refractivity contribution is 6.30. The van der Waals surface area contributed by atoms with Gasteiger partial charge in [-0.25, -0.2) is 0 Å². The lowest BCUT2D eigenvalue weighted by Gasteiger charge is -1.90. The van der Waals surface area contributed by atoms with Crippen molar-refractivity contribution < 1.29 is 0 Å². The van der Waals surface area contributed by atoms with Crippen LogP contribution in [0.2, 0.25) is 5.02 Å². The molecule has 0 radical (unpaired) electrons. The Morgan fingerprint density at radius 1 is 1.20 bits per heavy atom. The molecular weight excluding hydrogens is 146 g/mol. The highest BCUT2D eigenvalue weighted by Crippen LogP contribution is 2.09. The Hall–Kier alpha value is -0.950. The van der Waals surface area contributed by atoms with Crippen molar-refractivity contribution in [3.05, 3.63) is 41.1 Å². The first kappa shape index (κ1) is 7.16. The van der Waals surface area contributed by atoms with Gasteiger partial charge in [0.1, 0.15) is 0 Å². The molecule has 1 rings (SSSR count). The van der Waals surface area contributed by atoms with Gasteiger partial charge in [0.15, 0.2) is 0 Å². The van der Waals surface area contributed by atoms with E-state index in [9.17, 15) is 0 Å². The molecule has 2 heteroatoms. The van der Waals surface area contributed by atoms with Crippen LogP contribution in [0.25, 0.3) is 6.08 Å². The summed E-state index contributed by atoms with van der Waals surface area (Å²) in [5.41, 5.74) is 6.25. The third kappa shape index (κ3) is 1.78. The molecule has 0 atom stereocenters. The first-order chi connectivity index (χ1) is 4.83. The largest absolute Gasteiger partial charge is 0.405 e. The molecule has 1 nitrogen and oxygen atoms in total. The summed E-state index contributed by atoms with van der Waals surface area (Å²) in [5, 5.41) is 0.745. The molecule has 0 fully saturated rings. The summed E-state index contributed by atoms with van der Waals surface area (Å²) >= 11 is 5.66. The average Bonchev–Trinajstić information content (AvgIpc) is 1.95. The molecule has 0 aliphatic rings. The minimum atomic E-state index is 0.745. The SMILES string of the molecule is NC=Cc1ccc(Cl)cc1. The molecule has 2 N–H and O–H groups in total. The lowest BCUT2D eigenvalue weighted by Crippen LogP contribution is -1.76. The fraction of sp³-hybridized carbons (Fsp3) is 0. The van der Waals surface area contributed by atoms with Crippen molar-refractivity contribution in [3.8, 4) is 0 Å². The Labute approximate surface area is 65.1 Å². The van der Waals surface area contributed by atoms with E-state index in [1.165, 1.54) is 6.20 Å². The summed E-state index contributed by atoms with van der Waals surface area (Å²) in [6.07, 6.45) is 3.32. The van der Waals surface area contributed by atoms with Gasteiger partial charge in [-0.15, -0.1) is 0 Å². The van der Waals surface area contributed by atoms with Gasteiger partial charge in [-0.1, -0.05) is 23.7 Å². The second-order valence-corrected chi connectivity index (χ2v) is 2.35. The van der Waals surface area contributed by atoms with Gasteiger partial charge < -0.3 is 5.73 Å². The number of hydrogen-bond acceptors (Lipinski definition) is 1. The molecule has 10 heavy (non-hydrogen) atoms. The third-order valence-corrected chi connectivity index (χ3v) is 1.41. The van der Waals surface area contributed by atoms with Crippen LogP contribution in [-0.2, 0) is 0 Å². The molecule has 0 bridgehead atoms. The monoisotopic (exact) mass is 153 g/mol. The van der Waals surface area contributed by atoms with Gasteiger partial charge in [-0.05, 0) is 30.0 Å². The highest BCUT2D eigenvalue weighted by atomic mass is 35.5. The second-order valence-electron chi connectivity index (χ2n) is 1.91. The first-order valence-corrected chi connectivity index (χ1v) is 3.34. The van der Waals surface area contributed by atoms with Crippen molar-refractivity contribution in [2.45, 2.75) is 0 Å². The number of nitrogens with two attached hydrogens (primary N) is 1. The van der Waals surface area contributed by atoms with Gasteiger partial charge in [0.05, 0.1) is 0 Å². The topological polar surface area (TPSA) is 26.0 Å². The molecule has 0 saturated carbocycles. The fourth-order valence-corrected chi connectivity index (χ4v) is 0.811. The molecule has 0 heterocycles. The zero-order valence-electron chi connectivity index (χ0n) is 5.42. The van der Waals surface area contributed by atoms with Gasteiger partial charge in [0.25, 0.3) is 0 Å². The molecule has 0 spiro atoms. The van der Waals surface area contributed by atoms with E-state index in [0.29, 0.717) is 0 Å². The highest BCUT2D eigenvalue weighted by Gasteiger charge is 1.85. The van der Waals surface area contributed by atoms with E-state index in [0.717, 1.165) is 10.6 Å². The number of halogens is 1. The zero-order chi connectivity index (χ0) is 7.40. The number of benzene rings is 1. The molecule has 0 aliphatic carbocycles. The molecule has 0 unspecified atom stereocenters. The maximum Gasteiger partial charge on any atom is 0.0406 e. The van der Waals surface area contributed by atoms with Gasteiger partial charge in [0.2, 0.25) is 0 Å². The van der Waals surface area contributed by atoms with Gasteiger partial charge in [0, 0.05) is 5.02 Å². The standard InChI is InChI=1S/C8H8ClN/c9-8-3-1-7(2-4-8)5-6-10/h1-6H,10H2. The number of hydrogen-bond donors (Lipinski definition) is 1. The van der Waals surface area contributed by atoms with E-state index in [2.05, 4.69) is 0 Å². The van der Waals surface area contributed by atoms with Crippen LogP contribution in [0.15, 0.2) is 30.5 Å². The van der Waals surface area contributed by atoms with Gasteiger partial charge in [-0.3, -0.25) is 0 Å². The predicted molar refractivity (Wildman–Crippen MR) is 44.7 cm³/mol. The smallest absolute Gasteiger partial charge is 0.0406 e. The van der Waals surface area contributed by atoms with E-state index in [-0.39, 0.29) is 0 Å². The fourth-order valence-electron chi connectivity index (χ4n) is 0.685. The quantitative estimate of drug-likeness (QED) is 0.658. The van der Waals surface area contributed by atoms with Crippen molar-refractivity contribution in [2.24, 2.45) is 5.73 Å². The molecule has 0 aromatic heterocycles. The summed E-state index contributed by atoms with van der Waals surface area (Å²) in [4.78, 5) is 0. The van der Waals surface area contributed by atoms with Crippen molar-refractivity contribution in [1.29, 1.82) is 0 Å². The van der Waals surface area contributed by atoms with Gasteiger partial charge in [-0.2, -0.15) is 0 Å². The van der Waals surface area contributed by atoms with E-state index >= 15 is 0 Å². The van der Waals surface area contributed by atoms with Crippen molar-refractivity contribution in [3.63, 3.8) is 0 Å². The number of rotatable bonds is 1. The molecule has 52 valence electrons. The molecule has 0 aliphatic heterocycles. The van der Waals surface area contributed by atoms with Crippen molar-refractivity contribution in [1.82, 2.24) is 0 Å². The Morgan fingerprint density at radius 2 is 1.80 bits per heavy atom. The van der Waals surface area contributed by atoms with Crippen LogP contribution in [0.4, 0.5) is 0 Å². The molecule has 1 aromatic carbocycles. The molecular formula is C8H8ClN. The van der Waals surface area contributed by atoms with Crippen LogP contribution in [0.5, 0.6) is 0 Å². The minimum absolute atomic E-state index is 0.745. The van der Waals surface area contributed by atoms with Crippen LogP contribution < -0.4 is 5.73 Å². The zero-order valence-corrected chi connectivity index (χ0v) is 6.18. The average molecular weight is 154 g/mol. The summed E-state index contributed by atoms with van der Waals surface area (Å²) < 4.78 is 0. The molecule has 0 saturated heterocycles. The minimum Gasteiger partial charge on any atom is -0.405 e. The summed E-state index contributed by atoms with van der Waals surface area (Å²) in [6.45, 7) is 0. The van der Waals surface area contributed by atoms with Crippen LogP contribution in [0, 0.1) is 0 Å². The Bertz CT molecular complexity index is 226. The lowest BCUT2D eigenvalue weighted by atomic mass is 10.2. The van der Waals surface area contributed by atoms with Crippen molar-refractivity contribution in [2.75, 3.05) is 0 Å². The van der Waals surface area contributed by atoms with Crippen molar-refractivity contribution >= 4 is 17.7 Å². The van der Waals surface area contributed by atoms with Crippen LogP contribution in [0.3, 0.4) is 0 Å². The van der Waals surface area contributed by atoms with Gasteiger partial charge >= 0.3 is 0 Å². The van der Waals surface area contributed by atoms with E-state index in [1.807, 2.05) is 30.3 Å².